The number of alkyl carbamates (subject to hydrolysis) is 1. The van der Waals surface area contributed by atoms with Crippen molar-refractivity contribution in [2.45, 2.75) is 57.9 Å². The van der Waals surface area contributed by atoms with Gasteiger partial charge in [-0.1, -0.05) is 75.2 Å². The van der Waals surface area contributed by atoms with Crippen molar-refractivity contribution in [3.05, 3.63) is 59.7 Å². The van der Waals surface area contributed by atoms with Crippen molar-refractivity contribution in [2.24, 2.45) is 11.3 Å². The number of carboxylic acids is 1. The van der Waals surface area contributed by atoms with Crippen LogP contribution in [0.2, 0.25) is 0 Å². The number of ether oxygens (including phenoxy) is 1. The van der Waals surface area contributed by atoms with Gasteiger partial charge in [0.1, 0.15) is 12.6 Å². The molecule has 0 aromatic heterocycles. The quantitative estimate of drug-likeness (QED) is 0.434. The minimum Gasteiger partial charge on any atom is -0.480 e. The third-order valence-corrected chi connectivity index (χ3v) is 7.62. The number of fused-ring (bicyclic) bond motifs is 3. The molecule has 3 N–H and O–H groups in total. The first-order chi connectivity index (χ1) is 16.9. The van der Waals surface area contributed by atoms with E-state index in [1.54, 1.807) is 0 Å². The van der Waals surface area contributed by atoms with Gasteiger partial charge in [0, 0.05) is 12.5 Å². The fourth-order valence-corrected chi connectivity index (χ4v) is 5.01. The van der Waals surface area contributed by atoms with Crippen LogP contribution in [-0.2, 0) is 14.3 Å². The summed E-state index contributed by atoms with van der Waals surface area (Å²) in [5.74, 6) is -1.03. The molecule has 1 saturated carbocycles. The number of nitrogens with one attached hydrogen (secondary N) is 2. The fraction of sp³-hybridized carbons (Fsp3) is 0.464. The lowest BCUT2D eigenvalue weighted by Gasteiger charge is -2.31. The van der Waals surface area contributed by atoms with E-state index < -0.39 is 23.5 Å². The fourth-order valence-electron chi connectivity index (χ4n) is 5.01. The van der Waals surface area contributed by atoms with Gasteiger partial charge in [-0.05, 0) is 47.4 Å². The van der Waals surface area contributed by atoms with E-state index in [4.69, 9.17) is 4.74 Å². The van der Waals surface area contributed by atoms with E-state index in [1.165, 1.54) is 0 Å². The second-order valence-corrected chi connectivity index (χ2v) is 9.71. The Balaban J connectivity index is 1.36. The Hall–Kier alpha value is -3.35. The molecule has 2 aliphatic rings. The molecular weight excluding hydrogens is 444 g/mol. The monoisotopic (exact) mass is 478 g/mol. The van der Waals surface area contributed by atoms with Crippen molar-refractivity contribution in [1.29, 1.82) is 0 Å². The number of carbonyl (C=O) groups is 3. The molecule has 0 aliphatic heterocycles. The summed E-state index contributed by atoms with van der Waals surface area (Å²) < 4.78 is 5.61. The van der Waals surface area contributed by atoms with Gasteiger partial charge in [0.15, 0.2) is 0 Å². The number of aliphatic carboxylic acids is 1. The number of carboxylic acid groups (broad SMARTS) is 1. The number of benzene rings is 2. The van der Waals surface area contributed by atoms with E-state index in [2.05, 4.69) is 34.9 Å². The molecule has 1 atom stereocenters. The Bertz CT molecular complexity index is 1040. The van der Waals surface area contributed by atoms with E-state index in [-0.39, 0.29) is 25.0 Å². The molecule has 7 heteroatoms. The van der Waals surface area contributed by atoms with Crippen molar-refractivity contribution in [1.82, 2.24) is 10.6 Å². The van der Waals surface area contributed by atoms with Crippen molar-refractivity contribution in [3.8, 4) is 11.1 Å². The lowest BCUT2D eigenvalue weighted by Crippen LogP contribution is -2.52. The molecule has 0 heterocycles. The van der Waals surface area contributed by atoms with Crippen molar-refractivity contribution in [2.75, 3.05) is 13.2 Å². The van der Waals surface area contributed by atoms with E-state index >= 15 is 0 Å². The summed E-state index contributed by atoms with van der Waals surface area (Å²) in [5.41, 5.74) is 3.68. The van der Waals surface area contributed by atoms with E-state index in [0.717, 1.165) is 35.1 Å². The summed E-state index contributed by atoms with van der Waals surface area (Å²) in [7, 11) is 0. The van der Waals surface area contributed by atoms with Crippen LogP contribution in [0.25, 0.3) is 11.1 Å². The first-order valence-corrected chi connectivity index (χ1v) is 12.5. The van der Waals surface area contributed by atoms with Crippen LogP contribution in [0.3, 0.4) is 0 Å². The highest BCUT2D eigenvalue weighted by Gasteiger charge is 2.39. The number of hydrogen-bond donors (Lipinski definition) is 3. The minimum atomic E-state index is -1.02. The molecule has 186 valence electrons. The summed E-state index contributed by atoms with van der Waals surface area (Å²) in [6, 6.07) is 15.4. The first-order valence-electron chi connectivity index (χ1n) is 12.5. The summed E-state index contributed by atoms with van der Waals surface area (Å²) in [6.07, 6.45) is 2.82. The first kappa shape index (κ1) is 24.8. The van der Waals surface area contributed by atoms with Gasteiger partial charge in [0.2, 0.25) is 5.91 Å². The van der Waals surface area contributed by atoms with Crippen LogP contribution in [0.1, 0.15) is 63.0 Å². The van der Waals surface area contributed by atoms with Gasteiger partial charge in [-0.2, -0.15) is 0 Å². The zero-order valence-electron chi connectivity index (χ0n) is 20.4. The number of rotatable bonds is 11. The number of amides is 2. The predicted molar refractivity (Wildman–Crippen MR) is 133 cm³/mol. The number of carbonyl (C=O) groups excluding carboxylic acids is 2. The Morgan fingerprint density at radius 2 is 1.57 bits per heavy atom. The van der Waals surface area contributed by atoms with E-state index in [0.29, 0.717) is 25.2 Å². The molecule has 0 unspecified atom stereocenters. The van der Waals surface area contributed by atoms with Gasteiger partial charge in [0.25, 0.3) is 0 Å². The highest BCUT2D eigenvalue weighted by molar-refractivity contribution is 5.88. The second kappa shape index (κ2) is 10.5. The molecule has 2 aromatic carbocycles. The summed E-state index contributed by atoms with van der Waals surface area (Å²) in [4.78, 5) is 37.4. The second-order valence-electron chi connectivity index (χ2n) is 9.71. The lowest BCUT2D eigenvalue weighted by atomic mass is 9.81. The zero-order chi connectivity index (χ0) is 25.0. The zero-order valence-corrected chi connectivity index (χ0v) is 20.4. The molecule has 0 spiro atoms. The minimum absolute atomic E-state index is 0.0442. The van der Waals surface area contributed by atoms with Crippen molar-refractivity contribution < 1.29 is 24.2 Å². The van der Waals surface area contributed by atoms with Crippen LogP contribution in [0.4, 0.5) is 4.79 Å². The largest absolute Gasteiger partial charge is 0.480 e. The molecule has 4 rings (SSSR count). The summed E-state index contributed by atoms with van der Waals surface area (Å²) >= 11 is 0. The maximum Gasteiger partial charge on any atom is 0.407 e. The van der Waals surface area contributed by atoms with Crippen LogP contribution >= 0.6 is 0 Å². The molecule has 0 bridgehead atoms. The van der Waals surface area contributed by atoms with Gasteiger partial charge in [-0.15, -0.1) is 0 Å². The van der Waals surface area contributed by atoms with Crippen LogP contribution in [0, 0.1) is 11.3 Å². The Kier molecular flexibility index (Phi) is 7.43. The maximum absolute atomic E-state index is 13.1. The van der Waals surface area contributed by atoms with Gasteiger partial charge < -0.3 is 20.5 Å². The van der Waals surface area contributed by atoms with Gasteiger partial charge >= 0.3 is 12.1 Å². The molecule has 0 saturated heterocycles. The molecule has 2 aliphatic carbocycles. The van der Waals surface area contributed by atoms with Gasteiger partial charge in [-0.25, -0.2) is 9.59 Å². The SMILES string of the molecule is CCC(CC)(CNC(=O)OCC1c2ccccc2-c2ccccc21)C(=O)N[C@@H](CC1CC1)C(=O)O. The molecular formula is C28H34N2O5. The average molecular weight is 479 g/mol. The van der Waals surface area contributed by atoms with Crippen molar-refractivity contribution >= 4 is 18.0 Å². The lowest BCUT2D eigenvalue weighted by molar-refractivity contribution is -0.144. The van der Waals surface area contributed by atoms with Crippen molar-refractivity contribution in [3.63, 3.8) is 0 Å². The number of hydrogen-bond acceptors (Lipinski definition) is 4. The highest BCUT2D eigenvalue weighted by Crippen LogP contribution is 2.44. The van der Waals surface area contributed by atoms with Crippen LogP contribution in [0.5, 0.6) is 0 Å². The molecule has 35 heavy (non-hydrogen) atoms. The third-order valence-electron chi connectivity index (χ3n) is 7.62. The van der Waals surface area contributed by atoms with Gasteiger partial charge in [-0.3, -0.25) is 4.79 Å². The topological polar surface area (TPSA) is 105 Å². The Labute approximate surface area is 206 Å². The van der Waals surface area contributed by atoms with Crippen LogP contribution < -0.4 is 10.6 Å². The van der Waals surface area contributed by atoms with Crippen LogP contribution in [0.15, 0.2) is 48.5 Å². The predicted octanol–water partition coefficient (Wildman–Crippen LogP) is 4.70. The molecule has 2 aromatic rings. The molecule has 0 radical (unpaired) electrons. The Morgan fingerprint density at radius 1 is 1.00 bits per heavy atom. The third kappa shape index (κ3) is 5.34. The Morgan fingerprint density at radius 3 is 2.09 bits per heavy atom. The summed E-state index contributed by atoms with van der Waals surface area (Å²) in [5, 5.41) is 15.0. The molecule has 2 amide bonds. The van der Waals surface area contributed by atoms with E-state index in [1.807, 2.05) is 38.1 Å². The molecule has 7 nitrogen and oxygen atoms in total. The highest BCUT2D eigenvalue weighted by atomic mass is 16.5. The van der Waals surface area contributed by atoms with E-state index in [9.17, 15) is 19.5 Å². The van der Waals surface area contributed by atoms with Gasteiger partial charge in [0.05, 0.1) is 5.41 Å². The average Bonchev–Trinajstić information content (AvgIpc) is 3.63. The maximum atomic E-state index is 13.1. The smallest absolute Gasteiger partial charge is 0.407 e. The van der Waals surface area contributed by atoms with Crippen LogP contribution in [-0.4, -0.2) is 42.3 Å². The normalized spacial score (nSPS) is 15.6. The standard InChI is InChI=1S/C28H34N2O5/c1-3-28(4-2,26(33)30-24(25(31)32)15-18-13-14-18)17-29-27(34)35-16-23-21-11-7-5-9-19(21)20-10-6-8-12-22(20)23/h5-12,18,23-24H,3-4,13-17H2,1-2H3,(H,29,34)(H,30,33)(H,31,32)/t24-/m0/s1. The summed E-state index contributed by atoms with van der Waals surface area (Å²) in [6.45, 7) is 4.02. The molecule has 1 fully saturated rings.